The number of ether oxygens (including phenoxy) is 1. The highest BCUT2D eigenvalue weighted by Crippen LogP contribution is 2.58. The number of benzene rings is 3. The molecule has 1 atom stereocenters. The van der Waals surface area contributed by atoms with E-state index in [0.29, 0.717) is 0 Å². The van der Waals surface area contributed by atoms with Crippen molar-refractivity contribution in [1.29, 1.82) is 0 Å². The molecule has 0 aromatic heterocycles. The minimum absolute atomic E-state index is 0.174. The van der Waals surface area contributed by atoms with Crippen LogP contribution in [0.25, 0.3) is 10.8 Å². The molecule has 0 amide bonds. The predicted octanol–water partition coefficient (Wildman–Crippen LogP) is 5.59. The predicted molar refractivity (Wildman–Crippen MR) is 110 cm³/mol. The lowest BCUT2D eigenvalue weighted by atomic mass is 9.72. The van der Waals surface area contributed by atoms with Crippen molar-refractivity contribution in [1.82, 2.24) is 0 Å². The number of anilines is 1. The molecule has 0 N–H and O–H groups in total. The van der Waals surface area contributed by atoms with Crippen molar-refractivity contribution in [2.75, 3.05) is 11.4 Å². The summed E-state index contributed by atoms with van der Waals surface area (Å²) in [6.45, 7) is 5.61. The molecule has 3 heterocycles. The minimum Gasteiger partial charge on any atom is -0.459 e. The van der Waals surface area contributed by atoms with Gasteiger partial charge in [0.25, 0.3) is 0 Å². The fourth-order valence-electron chi connectivity index (χ4n) is 5.40. The maximum absolute atomic E-state index is 6.95. The molecule has 134 valence electrons. The Morgan fingerprint density at radius 1 is 0.963 bits per heavy atom. The van der Waals surface area contributed by atoms with E-state index in [4.69, 9.17) is 9.73 Å². The number of para-hydroxylation sites is 1. The zero-order valence-electron chi connectivity index (χ0n) is 15.7. The highest BCUT2D eigenvalue weighted by atomic mass is 16.5. The van der Waals surface area contributed by atoms with Gasteiger partial charge in [0.1, 0.15) is 11.4 Å². The molecule has 1 unspecified atom stereocenters. The van der Waals surface area contributed by atoms with Crippen molar-refractivity contribution in [2.24, 2.45) is 4.99 Å². The fourth-order valence-corrected chi connectivity index (χ4v) is 5.40. The normalized spacial score (nSPS) is 24.4. The number of hydrogen-bond donors (Lipinski definition) is 0. The van der Waals surface area contributed by atoms with Gasteiger partial charge in [-0.2, -0.15) is 0 Å². The van der Waals surface area contributed by atoms with Crippen LogP contribution in [0.3, 0.4) is 0 Å². The second kappa shape index (κ2) is 4.92. The lowest BCUT2D eigenvalue weighted by Gasteiger charge is -2.52. The molecule has 0 bridgehead atoms. The first kappa shape index (κ1) is 15.3. The average Bonchev–Trinajstić information content (AvgIpc) is 2.90. The largest absolute Gasteiger partial charge is 0.459 e. The van der Waals surface area contributed by atoms with E-state index in [9.17, 15) is 0 Å². The summed E-state index contributed by atoms with van der Waals surface area (Å²) in [7, 11) is 0. The van der Waals surface area contributed by atoms with Crippen LogP contribution in [0.1, 0.15) is 32.3 Å². The third-order valence-electron chi connectivity index (χ3n) is 6.65. The molecule has 0 aliphatic carbocycles. The summed E-state index contributed by atoms with van der Waals surface area (Å²) in [5.74, 6) is 0.894. The SMILES string of the molecule is CC1(C)c2ccccc2N2CCCC3=Nc4c(ccc5ccccc45)OC321. The van der Waals surface area contributed by atoms with Crippen LogP contribution in [0.2, 0.25) is 0 Å². The Hall–Kier alpha value is -2.81. The number of piperidine rings is 1. The minimum atomic E-state index is -0.523. The number of fused-ring (bicyclic) bond motifs is 5. The number of aliphatic imine (C=N–C) groups is 1. The van der Waals surface area contributed by atoms with Crippen LogP contribution in [0.5, 0.6) is 5.75 Å². The molecule has 3 aromatic rings. The Morgan fingerprint density at radius 3 is 2.70 bits per heavy atom. The summed E-state index contributed by atoms with van der Waals surface area (Å²) >= 11 is 0. The van der Waals surface area contributed by atoms with E-state index in [-0.39, 0.29) is 5.41 Å². The molecule has 1 fully saturated rings. The smallest absolute Gasteiger partial charge is 0.231 e. The summed E-state index contributed by atoms with van der Waals surface area (Å²) in [6, 6.07) is 21.4. The first-order chi connectivity index (χ1) is 13.1. The van der Waals surface area contributed by atoms with Crippen molar-refractivity contribution in [2.45, 2.75) is 37.8 Å². The molecule has 6 rings (SSSR count). The van der Waals surface area contributed by atoms with Crippen molar-refractivity contribution in [3.05, 3.63) is 66.2 Å². The van der Waals surface area contributed by atoms with Gasteiger partial charge < -0.3 is 9.64 Å². The molecule has 0 radical (unpaired) electrons. The van der Waals surface area contributed by atoms with Gasteiger partial charge >= 0.3 is 0 Å². The summed E-state index contributed by atoms with van der Waals surface area (Å²) in [5.41, 5.74) is 4.10. The molecule has 1 spiro atoms. The number of rotatable bonds is 0. The van der Waals surface area contributed by atoms with Crippen molar-refractivity contribution >= 4 is 27.9 Å². The second-order valence-corrected chi connectivity index (χ2v) is 8.34. The summed E-state index contributed by atoms with van der Waals surface area (Å²) in [6.07, 6.45) is 2.09. The van der Waals surface area contributed by atoms with Gasteiger partial charge in [-0.25, -0.2) is 4.99 Å². The molecule has 0 saturated carbocycles. The van der Waals surface area contributed by atoms with E-state index in [2.05, 4.69) is 79.4 Å². The summed E-state index contributed by atoms with van der Waals surface area (Å²) in [4.78, 5) is 7.72. The topological polar surface area (TPSA) is 24.8 Å². The second-order valence-electron chi connectivity index (χ2n) is 8.34. The van der Waals surface area contributed by atoms with Crippen LogP contribution in [0.4, 0.5) is 11.4 Å². The van der Waals surface area contributed by atoms with E-state index < -0.39 is 5.72 Å². The van der Waals surface area contributed by atoms with E-state index in [0.717, 1.165) is 30.8 Å². The first-order valence-electron chi connectivity index (χ1n) is 9.79. The Labute approximate surface area is 159 Å². The molecule has 27 heavy (non-hydrogen) atoms. The summed E-state index contributed by atoms with van der Waals surface area (Å²) in [5, 5.41) is 2.38. The Bertz CT molecular complexity index is 1130. The van der Waals surface area contributed by atoms with E-state index >= 15 is 0 Å². The van der Waals surface area contributed by atoms with Gasteiger partial charge in [-0.15, -0.1) is 0 Å². The molecular formula is C24H22N2O. The monoisotopic (exact) mass is 354 g/mol. The molecule has 3 heteroatoms. The van der Waals surface area contributed by atoms with Gasteiger partial charge in [0.15, 0.2) is 0 Å². The van der Waals surface area contributed by atoms with E-state index in [1.54, 1.807) is 0 Å². The van der Waals surface area contributed by atoms with E-state index in [1.807, 2.05) is 0 Å². The standard InChI is InChI=1S/C24H22N2O/c1-23(2)18-10-5-6-11-19(18)26-15-7-12-21-24(23,26)27-20-14-13-16-8-3-4-9-17(16)22(20)25-21/h3-6,8-11,13-14H,7,12,15H2,1-2H3. The van der Waals surface area contributed by atoms with Crippen LogP contribution in [0.15, 0.2) is 65.7 Å². The van der Waals surface area contributed by atoms with Gasteiger partial charge in [-0.05, 0) is 49.8 Å². The summed E-state index contributed by atoms with van der Waals surface area (Å²) < 4.78 is 6.95. The Morgan fingerprint density at radius 2 is 1.78 bits per heavy atom. The first-order valence-corrected chi connectivity index (χ1v) is 9.79. The highest BCUT2D eigenvalue weighted by molar-refractivity contribution is 6.07. The van der Waals surface area contributed by atoms with Crippen molar-refractivity contribution < 1.29 is 4.74 Å². The zero-order chi connectivity index (χ0) is 18.2. The molecule has 3 aliphatic heterocycles. The quantitative estimate of drug-likeness (QED) is 0.525. The number of hydrogen-bond acceptors (Lipinski definition) is 3. The van der Waals surface area contributed by atoms with Crippen molar-refractivity contribution in [3.63, 3.8) is 0 Å². The molecule has 3 aliphatic rings. The Kier molecular flexibility index (Phi) is 2.78. The van der Waals surface area contributed by atoms with Gasteiger partial charge in [0.05, 0.1) is 11.1 Å². The molecule has 3 nitrogen and oxygen atoms in total. The van der Waals surface area contributed by atoms with E-state index in [1.165, 1.54) is 27.7 Å². The number of nitrogens with zero attached hydrogens (tertiary/aromatic N) is 2. The lowest BCUT2D eigenvalue weighted by Crippen LogP contribution is -2.68. The third kappa shape index (κ3) is 1.70. The Balaban J connectivity index is 1.64. The fraction of sp³-hybridized carbons (Fsp3) is 0.292. The molecule has 1 saturated heterocycles. The zero-order valence-corrected chi connectivity index (χ0v) is 15.7. The van der Waals surface area contributed by atoms with Gasteiger partial charge in [-0.1, -0.05) is 48.5 Å². The van der Waals surface area contributed by atoms with Gasteiger partial charge in [0.2, 0.25) is 5.72 Å². The third-order valence-corrected chi connectivity index (χ3v) is 6.65. The van der Waals surface area contributed by atoms with Crippen LogP contribution in [0, 0.1) is 0 Å². The molecular weight excluding hydrogens is 332 g/mol. The molecule has 3 aromatic carbocycles. The average molecular weight is 354 g/mol. The van der Waals surface area contributed by atoms with Gasteiger partial charge in [0, 0.05) is 17.6 Å². The van der Waals surface area contributed by atoms with Crippen LogP contribution >= 0.6 is 0 Å². The van der Waals surface area contributed by atoms with Crippen LogP contribution < -0.4 is 9.64 Å². The van der Waals surface area contributed by atoms with Crippen LogP contribution in [-0.4, -0.2) is 18.0 Å². The maximum Gasteiger partial charge on any atom is 0.231 e. The maximum atomic E-state index is 6.95. The van der Waals surface area contributed by atoms with Crippen molar-refractivity contribution in [3.8, 4) is 5.75 Å². The highest BCUT2D eigenvalue weighted by Gasteiger charge is 2.64. The van der Waals surface area contributed by atoms with Gasteiger partial charge in [-0.3, -0.25) is 0 Å². The lowest BCUT2D eigenvalue weighted by molar-refractivity contribution is 0.0647. The van der Waals surface area contributed by atoms with Crippen LogP contribution in [-0.2, 0) is 5.41 Å².